The molecule has 1 aliphatic heterocycles. The summed E-state index contributed by atoms with van der Waals surface area (Å²) in [5.41, 5.74) is 3.83. The molecule has 5 rings (SSSR count). The molecule has 0 aromatic carbocycles. The third-order valence-electron chi connectivity index (χ3n) is 6.28. The zero-order valence-electron chi connectivity index (χ0n) is 20.0. The summed E-state index contributed by atoms with van der Waals surface area (Å²) in [7, 11) is 0. The zero-order chi connectivity index (χ0) is 24.0. The van der Waals surface area contributed by atoms with E-state index in [1.54, 1.807) is 29.6 Å². The zero-order valence-corrected chi connectivity index (χ0v) is 20.0. The van der Waals surface area contributed by atoms with Crippen molar-refractivity contribution in [2.75, 3.05) is 24.5 Å². The van der Waals surface area contributed by atoms with Crippen LogP contribution in [0.5, 0.6) is 0 Å². The molecule has 176 valence electrons. The van der Waals surface area contributed by atoms with E-state index in [0.29, 0.717) is 36.8 Å². The first-order valence-electron chi connectivity index (χ1n) is 11.7. The molecule has 1 aliphatic carbocycles. The molecule has 0 unspecified atom stereocenters. The minimum absolute atomic E-state index is 0.0606. The van der Waals surface area contributed by atoms with Gasteiger partial charge in [-0.2, -0.15) is 10.4 Å². The summed E-state index contributed by atoms with van der Waals surface area (Å²) in [6, 6.07) is 7.90. The number of ether oxygens (including phenoxy) is 1. The van der Waals surface area contributed by atoms with Crippen LogP contribution in [0.2, 0.25) is 0 Å². The number of hydrogen-bond acceptors (Lipinski definition) is 7. The average Bonchev–Trinajstić information content (AvgIpc) is 3.57. The lowest BCUT2D eigenvalue weighted by Gasteiger charge is -2.41. The highest BCUT2D eigenvalue weighted by atomic mass is 16.6. The predicted molar refractivity (Wildman–Crippen MR) is 128 cm³/mol. The molecule has 4 heterocycles. The van der Waals surface area contributed by atoms with Crippen molar-refractivity contribution in [3.05, 3.63) is 41.9 Å². The van der Waals surface area contributed by atoms with Crippen LogP contribution in [-0.2, 0) is 4.74 Å². The van der Waals surface area contributed by atoms with Crippen LogP contribution in [0.1, 0.15) is 57.6 Å². The number of nitriles is 1. The van der Waals surface area contributed by atoms with Crippen molar-refractivity contribution in [3.63, 3.8) is 0 Å². The molecule has 1 amide bonds. The summed E-state index contributed by atoms with van der Waals surface area (Å²) in [5.74, 6) is 1.35. The normalized spacial score (nSPS) is 18.7. The van der Waals surface area contributed by atoms with Gasteiger partial charge in [0.15, 0.2) is 5.82 Å². The fraction of sp³-hybridized carbons (Fsp3) is 0.480. The van der Waals surface area contributed by atoms with Crippen molar-refractivity contribution in [2.45, 2.75) is 58.1 Å². The molecule has 1 atom stereocenters. The van der Waals surface area contributed by atoms with E-state index in [2.05, 4.69) is 34.0 Å². The highest BCUT2D eigenvalue weighted by Crippen LogP contribution is 2.46. The number of piperazine rings is 1. The number of nitrogens with zero attached hydrogens (tertiary/aromatic N) is 7. The van der Waals surface area contributed by atoms with Gasteiger partial charge in [0.1, 0.15) is 17.4 Å². The lowest BCUT2D eigenvalue weighted by Crippen LogP contribution is -2.55. The van der Waals surface area contributed by atoms with Gasteiger partial charge in [0.2, 0.25) is 0 Å². The largest absolute Gasteiger partial charge is 0.444 e. The molecule has 0 bridgehead atoms. The quantitative estimate of drug-likeness (QED) is 0.584. The number of pyridine rings is 1. The molecule has 0 radical (unpaired) electrons. The Kier molecular flexibility index (Phi) is 5.39. The monoisotopic (exact) mass is 459 g/mol. The number of aromatic nitrogens is 4. The lowest BCUT2D eigenvalue weighted by molar-refractivity contribution is 0.0218. The second kappa shape index (κ2) is 8.28. The third-order valence-corrected chi connectivity index (χ3v) is 6.28. The van der Waals surface area contributed by atoms with Crippen molar-refractivity contribution < 1.29 is 9.53 Å². The van der Waals surface area contributed by atoms with Gasteiger partial charge in [0.05, 0.1) is 23.0 Å². The molecule has 3 aromatic rings. The highest BCUT2D eigenvalue weighted by molar-refractivity contribution is 5.80. The van der Waals surface area contributed by atoms with Crippen LogP contribution in [0.4, 0.5) is 10.6 Å². The molecular weight excluding hydrogens is 430 g/mol. The van der Waals surface area contributed by atoms with Crippen LogP contribution in [-0.4, -0.2) is 61.9 Å². The van der Waals surface area contributed by atoms with Gasteiger partial charge in [0, 0.05) is 31.9 Å². The van der Waals surface area contributed by atoms with Crippen LogP contribution in [0.25, 0.3) is 16.9 Å². The van der Waals surface area contributed by atoms with Crippen molar-refractivity contribution in [2.24, 2.45) is 0 Å². The van der Waals surface area contributed by atoms with E-state index in [9.17, 15) is 10.1 Å². The van der Waals surface area contributed by atoms with Gasteiger partial charge < -0.3 is 14.5 Å². The first kappa shape index (κ1) is 22.1. The molecule has 9 nitrogen and oxygen atoms in total. The number of fused-ring (bicyclic) bond motifs is 1. The molecular formula is C25H29N7O2. The van der Waals surface area contributed by atoms with Crippen molar-refractivity contribution in [1.82, 2.24) is 24.5 Å². The fourth-order valence-corrected chi connectivity index (χ4v) is 4.56. The number of anilines is 1. The maximum atomic E-state index is 12.6. The second-order valence-corrected chi connectivity index (χ2v) is 10.1. The Morgan fingerprint density at radius 3 is 2.68 bits per heavy atom. The van der Waals surface area contributed by atoms with Crippen LogP contribution < -0.4 is 4.90 Å². The molecule has 9 heteroatoms. The van der Waals surface area contributed by atoms with Crippen molar-refractivity contribution >= 4 is 17.4 Å². The highest BCUT2D eigenvalue weighted by Gasteiger charge is 2.35. The Balaban J connectivity index is 1.51. The molecule has 3 aromatic heterocycles. The van der Waals surface area contributed by atoms with E-state index in [1.807, 2.05) is 25.3 Å². The third kappa shape index (κ3) is 4.16. The van der Waals surface area contributed by atoms with Crippen LogP contribution in [0, 0.1) is 11.3 Å². The number of amides is 1. The van der Waals surface area contributed by atoms with Gasteiger partial charge in [-0.15, -0.1) is 0 Å². The first-order chi connectivity index (χ1) is 16.2. The maximum Gasteiger partial charge on any atom is 0.410 e. The predicted octanol–water partition coefficient (Wildman–Crippen LogP) is 3.99. The van der Waals surface area contributed by atoms with E-state index in [4.69, 9.17) is 9.72 Å². The maximum absolute atomic E-state index is 12.6. The average molecular weight is 460 g/mol. The van der Waals surface area contributed by atoms with Gasteiger partial charge in [-0.3, -0.25) is 4.98 Å². The van der Waals surface area contributed by atoms with E-state index >= 15 is 0 Å². The summed E-state index contributed by atoms with van der Waals surface area (Å²) in [6.45, 7) is 9.53. The smallest absolute Gasteiger partial charge is 0.410 e. The Hall–Kier alpha value is -3.67. The molecule has 2 fully saturated rings. The molecule has 2 aliphatic rings. The van der Waals surface area contributed by atoms with Gasteiger partial charge in [0.25, 0.3) is 0 Å². The summed E-state index contributed by atoms with van der Waals surface area (Å²) in [5, 5.41) is 13.9. The second-order valence-electron chi connectivity index (χ2n) is 10.1. The summed E-state index contributed by atoms with van der Waals surface area (Å²) < 4.78 is 7.48. The van der Waals surface area contributed by atoms with E-state index in [0.717, 1.165) is 29.9 Å². The Bertz CT molecular complexity index is 1280. The first-order valence-corrected chi connectivity index (χ1v) is 11.7. The Labute approximate surface area is 199 Å². The molecule has 0 spiro atoms. The minimum atomic E-state index is -0.519. The topological polar surface area (TPSA) is 99.6 Å². The number of carbonyl (C=O) groups is 1. The number of carbonyl (C=O) groups excluding carboxylic acids is 1. The minimum Gasteiger partial charge on any atom is -0.444 e. The van der Waals surface area contributed by atoms with E-state index in [1.165, 1.54) is 5.56 Å². The van der Waals surface area contributed by atoms with Gasteiger partial charge in [-0.25, -0.2) is 14.3 Å². The molecule has 0 N–H and O–H groups in total. The summed E-state index contributed by atoms with van der Waals surface area (Å²) >= 11 is 0. The fourth-order valence-electron chi connectivity index (χ4n) is 4.56. The number of hydrogen-bond donors (Lipinski definition) is 0. The molecule has 1 saturated carbocycles. The summed E-state index contributed by atoms with van der Waals surface area (Å²) in [6.07, 6.45) is 5.23. The van der Waals surface area contributed by atoms with Crippen LogP contribution >= 0.6 is 0 Å². The van der Waals surface area contributed by atoms with Gasteiger partial charge in [-0.05, 0) is 70.2 Å². The number of rotatable bonds is 3. The van der Waals surface area contributed by atoms with E-state index < -0.39 is 5.60 Å². The van der Waals surface area contributed by atoms with Gasteiger partial charge in [-0.1, -0.05) is 0 Å². The van der Waals surface area contributed by atoms with Crippen molar-refractivity contribution in [1.29, 1.82) is 5.26 Å². The van der Waals surface area contributed by atoms with Crippen LogP contribution in [0.3, 0.4) is 0 Å². The Morgan fingerprint density at radius 2 is 2.00 bits per heavy atom. The summed E-state index contributed by atoms with van der Waals surface area (Å²) in [4.78, 5) is 25.9. The van der Waals surface area contributed by atoms with Crippen molar-refractivity contribution in [3.8, 4) is 17.5 Å². The SMILES string of the molecule is C[C@H]1CN(C(=O)OC(C)(C)C)CCN1c1ncnn2c(-c3cc(C#N)ccn3)cc(C3CC3)c12. The Morgan fingerprint density at radius 1 is 1.21 bits per heavy atom. The van der Waals surface area contributed by atoms with Gasteiger partial charge >= 0.3 is 6.09 Å². The van der Waals surface area contributed by atoms with Crippen LogP contribution in [0.15, 0.2) is 30.7 Å². The van der Waals surface area contributed by atoms with E-state index in [-0.39, 0.29) is 12.1 Å². The lowest BCUT2D eigenvalue weighted by atomic mass is 10.1. The molecule has 34 heavy (non-hydrogen) atoms. The molecule has 1 saturated heterocycles. The standard InChI is InChI=1S/C25H29N7O2/c1-16-14-30(24(33)34-25(2,3)4)9-10-31(16)23-22-19(18-5-6-18)12-21(32(22)29-15-28-23)20-11-17(13-26)7-8-27-20/h7-8,11-12,15-16,18H,5-6,9-10,14H2,1-4H3/t16-/m0/s1.